The number of hydrogen-bond donors (Lipinski definition) is 0. The number of morpholine rings is 1. The lowest BCUT2D eigenvalue weighted by molar-refractivity contribution is 0.0250. The van der Waals surface area contributed by atoms with Crippen molar-refractivity contribution in [3.05, 3.63) is 5.28 Å². The third-order valence-corrected chi connectivity index (χ3v) is 3.89. The van der Waals surface area contributed by atoms with Crippen molar-refractivity contribution in [2.45, 2.75) is 31.4 Å². The van der Waals surface area contributed by atoms with E-state index in [1.54, 1.807) is 0 Å². The fourth-order valence-electron chi connectivity index (χ4n) is 2.83. The number of halogens is 1. The fourth-order valence-corrected chi connectivity index (χ4v) is 2.98. The minimum absolute atomic E-state index is 0.245. The number of nitrogens with zero attached hydrogens (tertiary/aromatic N) is 5. The predicted molar refractivity (Wildman–Crippen MR) is 73.9 cm³/mol. The van der Waals surface area contributed by atoms with E-state index in [0.29, 0.717) is 24.0 Å². The van der Waals surface area contributed by atoms with Gasteiger partial charge in [0.1, 0.15) is 0 Å². The summed E-state index contributed by atoms with van der Waals surface area (Å²) in [4.78, 5) is 17.0. The van der Waals surface area contributed by atoms with Crippen LogP contribution in [0, 0.1) is 0 Å². The van der Waals surface area contributed by atoms with Gasteiger partial charge in [0.25, 0.3) is 0 Å². The summed E-state index contributed by atoms with van der Waals surface area (Å²) in [6.07, 6.45) is 3.77. The van der Waals surface area contributed by atoms with E-state index in [1.165, 1.54) is 6.42 Å². The molecule has 0 bridgehead atoms. The van der Waals surface area contributed by atoms with Crippen molar-refractivity contribution in [1.29, 1.82) is 0 Å². The molecule has 0 aromatic carbocycles. The van der Waals surface area contributed by atoms with Crippen LogP contribution in [0.15, 0.2) is 0 Å². The van der Waals surface area contributed by atoms with E-state index >= 15 is 0 Å². The predicted octanol–water partition coefficient (Wildman–Crippen LogP) is 1.35. The second-order valence-electron chi connectivity index (χ2n) is 5.20. The van der Waals surface area contributed by atoms with Gasteiger partial charge in [0, 0.05) is 20.6 Å². The summed E-state index contributed by atoms with van der Waals surface area (Å²) in [5.41, 5.74) is 0. The Morgan fingerprint density at radius 2 is 2.11 bits per heavy atom. The lowest BCUT2D eigenvalue weighted by Crippen LogP contribution is -2.49. The molecule has 19 heavy (non-hydrogen) atoms. The van der Waals surface area contributed by atoms with Crippen LogP contribution in [0.3, 0.4) is 0 Å². The largest absolute Gasteiger partial charge is 0.374 e. The summed E-state index contributed by atoms with van der Waals surface area (Å²) in [5.74, 6) is 1.26. The van der Waals surface area contributed by atoms with Crippen LogP contribution in [0.4, 0.5) is 11.9 Å². The van der Waals surface area contributed by atoms with E-state index in [9.17, 15) is 0 Å². The molecule has 6 nitrogen and oxygen atoms in total. The maximum Gasteiger partial charge on any atom is 0.231 e. The van der Waals surface area contributed by atoms with Crippen LogP contribution >= 0.6 is 11.6 Å². The highest BCUT2D eigenvalue weighted by molar-refractivity contribution is 6.28. The molecule has 1 aliphatic carbocycles. The minimum Gasteiger partial charge on any atom is -0.374 e. The Hall–Kier alpha value is -1.14. The van der Waals surface area contributed by atoms with E-state index < -0.39 is 0 Å². The first-order valence-electron chi connectivity index (χ1n) is 6.62. The number of rotatable bonds is 2. The first kappa shape index (κ1) is 12.9. The molecule has 1 saturated heterocycles. The van der Waals surface area contributed by atoms with Crippen molar-refractivity contribution in [2.24, 2.45) is 0 Å². The highest BCUT2D eigenvalue weighted by Crippen LogP contribution is 2.32. The lowest BCUT2D eigenvalue weighted by Gasteiger charge is -2.37. The Balaban J connectivity index is 1.92. The zero-order valence-corrected chi connectivity index (χ0v) is 12.0. The van der Waals surface area contributed by atoms with Crippen LogP contribution in [0.25, 0.3) is 0 Å². The van der Waals surface area contributed by atoms with Crippen molar-refractivity contribution in [3.63, 3.8) is 0 Å². The number of aromatic nitrogens is 3. The molecule has 0 radical (unpaired) electrons. The van der Waals surface area contributed by atoms with E-state index in [4.69, 9.17) is 16.3 Å². The summed E-state index contributed by atoms with van der Waals surface area (Å²) < 4.78 is 5.81. The highest BCUT2D eigenvalue weighted by atomic mass is 35.5. The zero-order chi connectivity index (χ0) is 13.4. The molecule has 1 aliphatic heterocycles. The van der Waals surface area contributed by atoms with Gasteiger partial charge in [0.15, 0.2) is 0 Å². The molecule has 3 rings (SSSR count). The van der Waals surface area contributed by atoms with Crippen LogP contribution in [0.2, 0.25) is 5.28 Å². The van der Waals surface area contributed by atoms with E-state index in [-0.39, 0.29) is 5.28 Å². The van der Waals surface area contributed by atoms with Crippen LogP contribution in [0.1, 0.15) is 19.3 Å². The molecule has 1 saturated carbocycles. The Labute approximate surface area is 117 Å². The number of anilines is 2. The Bertz CT molecular complexity index is 469. The summed E-state index contributed by atoms with van der Waals surface area (Å²) in [6, 6.07) is 0.377. The summed E-state index contributed by atoms with van der Waals surface area (Å²) in [6.45, 7) is 1.54. The second kappa shape index (κ2) is 5.09. The quantitative estimate of drug-likeness (QED) is 0.817. The van der Waals surface area contributed by atoms with Crippen molar-refractivity contribution in [1.82, 2.24) is 15.0 Å². The average Bonchev–Trinajstić information content (AvgIpc) is 2.85. The van der Waals surface area contributed by atoms with Gasteiger partial charge in [-0.05, 0) is 30.9 Å². The third-order valence-electron chi connectivity index (χ3n) is 3.72. The first-order chi connectivity index (χ1) is 9.15. The maximum absolute atomic E-state index is 6.01. The smallest absolute Gasteiger partial charge is 0.231 e. The second-order valence-corrected chi connectivity index (χ2v) is 5.54. The van der Waals surface area contributed by atoms with E-state index in [2.05, 4.69) is 19.9 Å². The van der Waals surface area contributed by atoms with Crippen LogP contribution in [-0.4, -0.2) is 54.3 Å². The Morgan fingerprint density at radius 1 is 1.26 bits per heavy atom. The molecule has 2 fully saturated rings. The van der Waals surface area contributed by atoms with Crippen molar-refractivity contribution >= 4 is 23.5 Å². The zero-order valence-electron chi connectivity index (χ0n) is 11.2. The molecule has 1 aromatic heterocycles. The van der Waals surface area contributed by atoms with Gasteiger partial charge in [-0.25, -0.2) is 0 Å². The first-order valence-corrected chi connectivity index (χ1v) is 7.00. The summed E-state index contributed by atoms with van der Waals surface area (Å²) >= 11 is 6.01. The Kier molecular flexibility index (Phi) is 3.45. The summed E-state index contributed by atoms with van der Waals surface area (Å²) in [7, 11) is 3.79. The molecule has 2 atom stereocenters. The molecule has 2 aliphatic rings. The molecule has 2 unspecified atom stereocenters. The van der Waals surface area contributed by atoms with Crippen molar-refractivity contribution in [2.75, 3.05) is 37.0 Å². The number of hydrogen-bond acceptors (Lipinski definition) is 6. The molecule has 2 heterocycles. The van der Waals surface area contributed by atoms with Crippen LogP contribution in [0.5, 0.6) is 0 Å². The van der Waals surface area contributed by atoms with Gasteiger partial charge in [-0.1, -0.05) is 0 Å². The van der Waals surface area contributed by atoms with Gasteiger partial charge in [-0.3, -0.25) is 0 Å². The van der Waals surface area contributed by atoms with Crippen molar-refractivity contribution in [3.8, 4) is 0 Å². The van der Waals surface area contributed by atoms with Gasteiger partial charge >= 0.3 is 0 Å². The molecular formula is C12H18ClN5O. The summed E-state index contributed by atoms with van der Waals surface area (Å²) in [5, 5.41) is 0.245. The standard InChI is InChI=1S/C12H18ClN5O/c1-17(2)11-14-10(13)15-12(16-11)18-6-7-19-9-5-3-4-8(9)18/h8-9H,3-7H2,1-2H3. The van der Waals surface area contributed by atoms with Gasteiger partial charge < -0.3 is 14.5 Å². The average molecular weight is 284 g/mol. The molecule has 0 spiro atoms. The molecule has 0 amide bonds. The molecule has 104 valence electrons. The van der Waals surface area contributed by atoms with Gasteiger partial charge in [0.05, 0.1) is 18.8 Å². The van der Waals surface area contributed by atoms with E-state index in [0.717, 1.165) is 26.0 Å². The molecule has 1 aromatic rings. The monoisotopic (exact) mass is 283 g/mol. The number of fused-ring (bicyclic) bond motifs is 1. The number of ether oxygens (including phenoxy) is 1. The van der Waals surface area contributed by atoms with Crippen LogP contribution in [-0.2, 0) is 4.74 Å². The molecular weight excluding hydrogens is 266 g/mol. The minimum atomic E-state index is 0.245. The van der Waals surface area contributed by atoms with Gasteiger partial charge in [-0.15, -0.1) is 0 Å². The van der Waals surface area contributed by atoms with E-state index in [1.807, 2.05) is 19.0 Å². The maximum atomic E-state index is 6.01. The van der Waals surface area contributed by atoms with Crippen LogP contribution < -0.4 is 9.80 Å². The SMILES string of the molecule is CN(C)c1nc(Cl)nc(N2CCOC3CCCC32)n1. The van der Waals surface area contributed by atoms with Gasteiger partial charge in [0.2, 0.25) is 17.2 Å². The lowest BCUT2D eigenvalue weighted by atomic mass is 10.1. The fraction of sp³-hybridized carbons (Fsp3) is 0.750. The molecule has 0 N–H and O–H groups in total. The topological polar surface area (TPSA) is 54.4 Å². The van der Waals surface area contributed by atoms with Gasteiger partial charge in [-0.2, -0.15) is 15.0 Å². The third kappa shape index (κ3) is 2.47. The highest BCUT2D eigenvalue weighted by Gasteiger charge is 2.37. The Morgan fingerprint density at radius 3 is 2.89 bits per heavy atom. The normalized spacial score (nSPS) is 26.4. The van der Waals surface area contributed by atoms with Crippen molar-refractivity contribution < 1.29 is 4.74 Å². The molecule has 7 heteroatoms.